The number of nitrogens with zero attached hydrogens (tertiary/aromatic N) is 3. The number of amides is 3. The smallest absolute Gasteiger partial charge is 0.259 e. The fourth-order valence-electron chi connectivity index (χ4n) is 4.70. The molecule has 11 heteroatoms. The van der Waals surface area contributed by atoms with E-state index in [1.165, 1.54) is 16.7 Å². The van der Waals surface area contributed by atoms with Crippen molar-refractivity contribution in [2.24, 2.45) is 9.98 Å². The Bertz CT molecular complexity index is 1570. The van der Waals surface area contributed by atoms with Crippen LogP contribution in [0.3, 0.4) is 0 Å². The van der Waals surface area contributed by atoms with Crippen molar-refractivity contribution in [2.45, 2.75) is 37.6 Å². The molecule has 3 heterocycles. The Labute approximate surface area is 240 Å². The lowest BCUT2D eigenvalue weighted by molar-refractivity contribution is -0.128. The van der Waals surface area contributed by atoms with Crippen LogP contribution in [0.1, 0.15) is 30.9 Å². The number of nitrogens with one attached hydrogen (secondary N) is 2. The van der Waals surface area contributed by atoms with Gasteiger partial charge in [-0.3, -0.25) is 19.4 Å². The van der Waals surface area contributed by atoms with Gasteiger partial charge in [0.15, 0.2) is 16.7 Å². The van der Waals surface area contributed by atoms with Crippen molar-refractivity contribution in [1.82, 2.24) is 10.2 Å². The Kier molecular flexibility index (Phi) is 7.43. The number of thioether (sulfide) groups is 1. The molecule has 0 aromatic heterocycles. The van der Waals surface area contributed by atoms with Crippen molar-refractivity contribution in [3.8, 4) is 11.5 Å². The summed E-state index contributed by atoms with van der Waals surface area (Å²) >= 11 is 1.20. The van der Waals surface area contributed by atoms with Crippen LogP contribution in [0.5, 0.6) is 11.5 Å². The van der Waals surface area contributed by atoms with Crippen LogP contribution in [0, 0.1) is 0 Å². The van der Waals surface area contributed by atoms with Gasteiger partial charge in [0.25, 0.3) is 5.91 Å². The number of benzene rings is 3. The summed E-state index contributed by atoms with van der Waals surface area (Å²) in [7, 11) is 0. The summed E-state index contributed by atoms with van der Waals surface area (Å²) in [4.78, 5) is 50.5. The van der Waals surface area contributed by atoms with E-state index in [9.17, 15) is 14.4 Å². The molecular formula is C30H27N5O5S. The van der Waals surface area contributed by atoms with Crippen LogP contribution in [-0.2, 0) is 20.9 Å². The van der Waals surface area contributed by atoms with Crippen LogP contribution >= 0.6 is 11.8 Å². The number of hydrogen-bond acceptors (Lipinski definition) is 8. The van der Waals surface area contributed by atoms with Crippen molar-refractivity contribution < 1.29 is 23.9 Å². The van der Waals surface area contributed by atoms with Gasteiger partial charge >= 0.3 is 0 Å². The molecule has 2 N–H and O–H groups in total. The fraction of sp³-hybridized carbons (Fsp3) is 0.233. The van der Waals surface area contributed by atoms with E-state index in [-0.39, 0.29) is 30.9 Å². The SMILES string of the molecule is CC[C@H](SC1=Nc2ccccc2C2=N[C@H](CC(=O)NCc3ccccc3)C(=O)N12)C(=O)Nc1ccc2c(c1)OCO2. The van der Waals surface area contributed by atoms with Crippen molar-refractivity contribution >= 4 is 51.9 Å². The number of anilines is 1. The van der Waals surface area contributed by atoms with Crippen molar-refractivity contribution in [3.63, 3.8) is 0 Å². The quantitative estimate of drug-likeness (QED) is 0.419. The number of carbonyl (C=O) groups is 3. The van der Waals surface area contributed by atoms with Crippen LogP contribution in [0.25, 0.3) is 0 Å². The van der Waals surface area contributed by atoms with E-state index in [4.69, 9.17) is 14.5 Å². The van der Waals surface area contributed by atoms with Gasteiger partial charge < -0.3 is 20.1 Å². The van der Waals surface area contributed by atoms with Gasteiger partial charge in [-0.2, -0.15) is 0 Å². The maximum Gasteiger partial charge on any atom is 0.259 e. The van der Waals surface area contributed by atoms with E-state index < -0.39 is 11.3 Å². The van der Waals surface area contributed by atoms with E-state index in [1.54, 1.807) is 18.2 Å². The first-order valence-corrected chi connectivity index (χ1v) is 14.2. The van der Waals surface area contributed by atoms with Gasteiger partial charge in [0.05, 0.1) is 17.4 Å². The molecule has 10 nitrogen and oxygen atoms in total. The highest BCUT2D eigenvalue weighted by atomic mass is 32.2. The lowest BCUT2D eigenvalue weighted by Gasteiger charge is -2.27. The third-order valence-corrected chi connectivity index (χ3v) is 8.13. The molecular weight excluding hydrogens is 542 g/mol. The Morgan fingerprint density at radius 2 is 1.83 bits per heavy atom. The third-order valence-electron chi connectivity index (χ3n) is 6.81. The highest BCUT2D eigenvalue weighted by Gasteiger charge is 2.43. The number of fused-ring (bicyclic) bond motifs is 4. The maximum absolute atomic E-state index is 13.6. The van der Waals surface area contributed by atoms with Crippen LogP contribution < -0.4 is 20.1 Å². The van der Waals surface area contributed by atoms with Crippen LogP contribution in [-0.4, -0.2) is 51.7 Å². The average molecular weight is 570 g/mol. The van der Waals surface area contributed by atoms with Crippen LogP contribution in [0.2, 0.25) is 0 Å². The Morgan fingerprint density at radius 1 is 1.05 bits per heavy atom. The second kappa shape index (κ2) is 11.5. The van der Waals surface area contributed by atoms with Gasteiger partial charge in [0.2, 0.25) is 18.6 Å². The molecule has 3 aliphatic heterocycles. The van der Waals surface area contributed by atoms with Crippen molar-refractivity contribution in [3.05, 3.63) is 83.9 Å². The molecule has 0 aliphatic carbocycles. The molecule has 0 radical (unpaired) electrons. The molecule has 0 unspecified atom stereocenters. The molecule has 0 saturated heterocycles. The summed E-state index contributed by atoms with van der Waals surface area (Å²) in [6.45, 7) is 2.41. The van der Waals surface area contributed by atoms with Gasteiger partial charge in [-0.1, -0.05) is 61.2 Å². The van der Waals surface area contributed by atoms with Crippen LogP contribution in [0.15, 0.2) is 82.8 Å². The molecule has 2 atom stereocenters. The lowest BCUT2D eigenvalue weighted by atomic mass is 10.1. The number of aliphatic imine (C=N–C) groups is 2. The first-order valence-electron chi connectivity index (χ1n) is 13.3. The molecule has 3 aliphatic rings. The summed E-state index contributed by atoms with van der Waals surface area (Å²) < 4.78 is 10.8. The van der Waals surface area contributed by atoms with E-state index in [0.29, 0.717) is 52.4 Å². The van der Waals surface area contributed by atoms with E-state index in [2.05, 4.69) is 15.6 Å². The first kappa shape index (κ1) is 26.6. The number of amidine groups is 2. The second-order valence-electron chi connectivity index (χ2n) is 9.59. The zero-order valence-electron chi connectivity index (χ0n) is 22.2. The Balaban J connectivity index is 1.18. The summed E-state index contributed by atoms with van der Waals surface area (Å²) in [5, 5.41) is 5.60. The van der Waals surface area contributed by atoms with Gasteiger partial charge in [-0.15, -0.1) is 0 Å². The summed E-state index contributed by atoms with van der Waals surface area (Å²) in [6, 6.07) is 21.3. The average Bonchev–Trinajstić information content (AvgIpc) is 3.59. The molecule has 41 heavy (non-hydrogen) atoms. The molecule has 6 rings (SSSR count). The molecule has 0 fully saturated rings. The van der Waals surface area contributed by atoms with E-state index >= 15 is 0 Å². The molecule has 3 aromatic rings. The first-order chi connectivity index (χ1) is 20.0. The summed E-state index contributed by atoms with van der Waals surface area (Å²) in [5.41, 5.74) is 2.90. The Hall–Kier alpha value is -4.64. The minimum absolute atomic E-state index is 0.0897. The molecule has 0 bridgehead atoms. The monoisotopic (exact) mass is 569 g/mol. The topological polar surface area (TPSA) is 122 Å². The molecule has 0 saturated carbocycles. The minimum atomic E-state index is -0.889. The second-order valence-corrected chi connectivity index (χ2v) is 10.8. The highest BCUT2D eigenvalue weighted by molar-refractivity contribution is 8.15. The number of hydrogen-bond donors (Lipinski definition) is 2. The van der Waals surface area contributed by atoms with Gasteiger partial charge in [0.1, 0.15) is 11.9 Å². The number of para-hydroxylation sites is 1. The minimum Gasteiger partial charge on any atom is -0.454 e. The predicted octanol–water partition coefficient (Wildman–Crippen LogP) is 4.23. The van der Waals surface area contributed by atoms with E-state index in [0.717, 1.165) is 5.56 Å². The predicted molar refractivity (Wildman–Crippen MR) is 156 cm³/mol. The highest BCUT2D eigenvalue weighted by Crippen LogP contribution is 2.37. The van der Waals surface area contributed by atoms with Gasteiger partial charge in [0, 0.05) is 23.9 Å². The van der Waals surface area contributed by atoms with Crippen molar-refractivity contribution in [1.29, 1.82) is 0 Å². The molecule has 3 amide bonds. The van der Waals surface area contributed by atoms with Crippen molar-refractivity contribution in [2.75, 3.05) is 12.1 Å². The van der Waals surface area contributed by atoms with Gasteiger partial charge in [-0.25, -0.2) is 9.89 Å². The van der Waals surface area contributed by atoms with E-state index in [1.807, 2.05) is 61.5 Å². The molecule has 3 aromatic carbocycles. The lowest BCUT2D eigenvalue weighted by Crippen LogP contribution is -2.43. The number of rotatable bonds is 8. The normalized spacial score (nSPS) is 17.2. The van der Waals surface area contributed by atoms with Gasteiger partial charge in [-0.05, 0) is 36.2 Å². The fourth-order valence-corrected chi connectivity index (χ4v) is 5.72. The number of ether oxygens (including phenoxy) is 2. The summed E-state index contributed by atoms with van der Waals surface area (Å²) in [6.07, 6.45) is 0.398. The Morgan fingerprint density at radius 3 is 2.66 bits per heavy atom. The number of carbonyl (C=O) groups excluding carboxylic acids is 3. The largest absolute Gasteiger partial charge is 0.454 e. The standard InChI is InChI=1S/C30H27N5O5S/c1-2-25(28(37)32-19-12-13-23-24(14-19)40-17-39-23)41-30-34-21-11-7-6-10-20(21)27-33-22(29(38)35(27)30)15-26(36)31-16-18-8-4-3-5-9-18/h3-14,22,25H,2,15-17H2,1H3,(H,31,36)(H,32,37)/t22-,25+/m1/s1. The maximum atomic E-state index is 13.6. The molecule has 0 spiro atoms. The zero-order chi connectivity index (χ0) is 28.3. The summed E-state index contributed by atoms with van der Waals surface area (Å²) in [5.74, 6) is 0.781. The van der Waals surface area contributed by atoms with Crippen LogP contribution in [0.4, 0.5) is 11.4 Å². The third kappa shape index (κ3) is 5.53. The molecule has 208 valence electrons. The zero-order valence-corrected chi connectivity index (χ0v) is 23.0.